The highest BCUT2D eigenvalue weighted by atomic mass is 16.6. The molecular weight excluding hydrogens is 246 g/mol. The van der Waals surface area contributed by atoms with Crippen molar-refractivity contribution >= 4 is 17.3 Å². The zero-order chi connectivity index (χ0) is 13.8. The fourth-order valence-electron chi connectivity index (χ4n) is 2.35. The van der Waals surface area contributed by atoms with E-state index in [1.54, 1.807) is 0 Å². The fraction of sp³-hybridized carbons (Fsp3) is 0.583. The second kappa shape index (κ2) is 5.83. The quantitative estimate of drug-likeness (QED) is 0.615. The van der Waals surface area contributed by atoms with E-state index in [4.69, 9.17) is 5.73 Å². The number of nitrogen functional groups attached to an aromatic ring is 1. The van der Waals surface area contributed by atoms with Gasteiger partial charge in [0.1, 0.15) is 5.82 Å². The summed E-state index contributed by atoms with van der Waals surface area (Å²) < 4.78 is 0. The Kier molecular flexibility index (Phi) is 4.16. The Bertz CT molecular complexity index is 465. The lowest BCUT2D eigenvalue weighted by Gasteiger charge is -2.14. The normalized spacial score (nSPS) is 19.5. The van der Waals surface area contributed by atoms with Crippen LogP contribution in [0.4, 0.5) is 17.3 Å². The molecule has 19 heavy (non-hydrogen) atoms. The van der Waals surface area contributed by atoms with Gasteiger partial charge in [0.05, 0.1) is 4.92 Å². The minimum atomic E-state index is -0.443. The average molecular weight is 265 g/mol. The van der Waals surface area contributed by atoms with Crippen molar-refractivity contribution in [2.45, 2.75) is 13.3 Å². The molecule has 0 radical (unpaired) electrons. The highest BCUT2D eigenvalue weighted by molar-refractivity contribution is 5.59. The standard InChI is InChI=1S/C12H19N5O2/c1-2-16-6-5-9(8-16)7-14-12-10(17(18)19)3-4-11(13)15-12/h3-4,9H,2,5-8H2,1H3,(H3,13,14,15). The van der Waals surface area contributed by atoms with Crippen LogP contribution in [-0.2, 0) is 0 Å². The maximum Gasteiger partial charge on any atom is 0.311 e. The van der Waals surface area contributed by atoms with E-state index in [2.05, 4.69) is 22.1 Å². The molecule has 0 aromatic carbocycles. The van der Waals surface area contributed by atoms with E-state index in [0.29, 0.717) is 12.5 Å². The average Bonchev–Trinajstić information content (AvgIpc) is 2.84. The molecule has 0 spiro atoms. The maximum atomic E-state index is 10.9. The molecule has 7 nitrogen and oxygen atoms in total. The molecule has 2 heterocycles. The number of aromatic nitrogens is 1. The van der Waals surface area contributed by atoms with E-state index in [0.717, 1.165) is 26.1 Å². The van der Waals surface area contributed by atoms with Crippen LogP contribution in [0.15, 0.2) is 12.1 Å². The van der Waals surface area contributed by atoms with Crippen molar-refractivity contribution in [3.05, 3.63) is 22.2 Å². The van der Waals surface area contributed by atoms with Crippen molar-refractivity contribution in [1.29, 1.82) is 0 Å². The van der Waals surface area contributed by atoms with Gasteiger partial charge in [-0.15, -0.1) is 0 Å². The first-order chi connectivity index (χ1) is 9.10. The molecule has 7 heteroatoms. The highest BCUT2D eigenvalue weighted by Gasteiger charge is 2.22. The number of likely N-dealkylation sites (tertiary alicyclic amines) is 1. The number of hydrogen-bond acceptors (Lipinski definition) is 6. The number of nitro groups is 1. The Hall–Kier alpha value is -1.89. The molecule has 0 saturated carbocycles. The summed E-state index contributed by atoms with van der Waals surface area (Å²) >= 11 is 0. The minimum Gasteiger partial charge on any atom is -0.384 e. The van der Waals surface area contributed by atoms with Crippen LogP contribution >= 0.6 is 0 Å². The number of pyridine rings is 1. The number of rotatable bonds is 5. The van der Waals surface area contributed by atoms with E-state index < -0.39 is 4.92 Å². The van der Waals surface area contributed by atoms with Gasteiger partial charge >= 0.3 is 5.69 Å². The SMILES string of the molecule is CCN1CCC(CNc2nc(N)ccc2[N+](=O)[O-])C1. The fourth-order valence-corrected chi connectivity index (χ4v) is 2.35. The van der Waals surface area contributed by atoms with Gasteiger partial charge in [-0.1, -0.05) is 6.92 Å². The van der Waals surface area contributed by atoms with Gasteiger partial charge in [0.25, 0.3) is 0 Å². The molecule has 1 aliphatic rings. The van der Waals surface area contributed by atoms with Gasteiger partial charge in [0.2, 0.25) is 5.82 Å². The van der Waals surface area contributed by atoms with Crippen LogP contribution < -0.4 is 11.1 Å². The third-order valence-electron chi connectivity index (χ3n) is 3.47. The molecule has 0 amide bonds. The smallest absolute Gasteiger partial charge is 0.311 e. The lowest BCUT2D eigenvalue weighted by Crippen LogP contribution is -2.22. The Morgan fingerprint density at radius 3 is 3.05 bits per heavy atom. The summed E-state index contributed by atoms with van der Waals surface area (Å²) in [4.78, 5) is 16.8. The van der Waals surface area contributed by atoms with Gasteiger partial charge in [-0.25, -0.2) is 4.98 Å². The molecule has 1 aromatic rings. The molecule has 1 atom stereocenters. The van der Waals surface area contributed by atoms with Gasteiger partial charge in [-0.3, -0.25) is 10.1 Å². The molecule has 104 valence electrons. The molecule has 1 saturated heterocycles. The Morgan fingerprint density at radius 1 is 1.63 bits per heavy atom. The summed E-state index contributed by atoms with van der Waals surface area (Å²) in [6, 6.07) is 2.83. The predicted molar refractivity (Wildman–Crippen MR) is 74.0 cm³/mol. The molecule has 0 aliphatic carbocycles. The van der Waals surface area contributed by atoms with Crippen molar-refractivity contribution in [1.82, 2.24) is 9.88 Å². The molecule has 1 aliphatic heterocycles. The van der Waals surface area contributed by atoms with Crippen LogP contribution in [0.3, 0.4) is 0 Å². The van der Waals surface area contributed by atoms with Gasteiger partial charge in [0.15, 0.2) is 0 Å². The number of nitrogens with two attached hydrogens (primary N) is 1. The molecule has 3 N–H and O–H groups in total. The third-order valence-corrected chi connectivity index (χ3v) is 3.47. The Balaban J connectivity index is 1.99. The first kappa shape index (κ1) is 13.5. The zero-order valence-electron chi connectivity index (χ0n) is 11.0. The monoisotopic (exact) mass is 265 g/mol. The van der Waals surface area contributed by atoms with Gasteiger partial charge < -0.3 is 16.0 Å². The zero-order valence-corrected chi connectivity index (χ0v) is 11.0. The van der Waals surface area contributed by atoms with E-state index in [9.17, 15) is 10.1 Å². The summed E-state index contributed by atoms with van der Waals surface area (Å²) in [6.45, 7) is 6.00. The van der Waals surface area contributed by atoms with E-state index in [-0.39, 0.29) is 17.3 Å². The predicted octanol–water partition coefficient (Wildman–Crippen LogP) is 1.33. The molecular formula is C12H19N5O2. The summed E-state index contributed by atoms with van der Waals surface area (Å²) in [5, 5.41) is 14.0. The topological polar surface area (TPSA) is 97.3 Å². The first-order valence-corrected chi connectivity index (χ1v) is 6.47. The first-order valence-electron chi connectivity index (χ1n) is 6.47. The molecule has 1 unspecified atom stereocenters. The van der Waals surface area contributed by atoms with Crippen LogP contribution in [0, 0.1) is 16.0 Å². The van der Waals surface area contributed by atoms with E-state index >= 15 is 0 Å². The summed E-state index contributed by atoms with van der Waals surface area (Å²) in [7, 11) is 0. The summed E-state index contributed by atoms with van der Waals surface area (Å²) in [6.07, 6.45) is 1.11. The molecule has 1 aromatic heterocycles. The maximum absolute atomic E-state index is 10.9. The third kappa shape index (κ3) is 3.31. The Morgan fingerprint density at radius 2 is 2.42 bits per heavy atom. The van der Waals surface area contributed by atoms with Crippen LogP contribution in [0.1, 0.15) is 13.3 Å². The number of nitrogens with zero attached hydrogens (tertiary/aromatic N) is 3. The molecule has 1 fully saturated rings. The van der Waals surface area contributed by atoms with Crippen molar-refractivity contribution in [2.24, 2.45) is 5.92 Å². The second-order valence-electron chi connectivity index (χ2n) is 4.79. The summed E-state index contributed by atoms with van der Waals surface area (Å²) in [5.74, 6) is 1.05. The van der Waals surface area contributed by atoms with E-state index in [1.807, 2.05) is 0 Å². The van der Waals surface area contributed by atoms with Gasteiger partial charge in [-0.2, -0.15) is 0 Å². The number of nitrogens with one attached hydrogen (secondary N) is 1. The Labute approximate surface area is 112 Å². The molecule has 0 bridgehead atoms. The second-order valence-corrected chi connectivity index (χ2v) is 4.79. The lowest BCUT2D eigenvalue weighted by atomic mass is 10.1. The van der Waals surface area contributed by atoms with Crippen LogP contribution in [0.2, 0.25) is 0 Å². The number of hydrogen-bond donors (Lipinski definition) is 2. The number of anilines is 2. The van der Waals surface area contributed by atoms with Gasteiger partial charge in [-0.05, 0) is 31.5 Å². The molecule has 2 rings (SSSR count). The van der Waals surface area contributed by atoms with Crippen molar-refractivity contribution in [3.63, 3.8) is 0 Å². The largest absolute Gasteiger partial charge is 0.384 e. The highest BCUT2D eigenvalue weighted by Crippen LogP contribution is 2.24. The van der Waals surface area contributed by atoms with Crippen molar-refractivity contribution in [3.8, 4) is 0 Å². The van der Waals surface area contributed by atoms with Crippen molar-refractivity contribution in [2.75, 3.05) is 37.2 Å². The van der Waals surface area contributed by atoms with Crippen LogP contribution in [0.25, 0.3) is 0 Å². The lowest BCUT2D eigenvalue weighted by molar-refractivity contribution is -0.384. The van der Waals surface area contributed by atoms with Gasteiger partial charge in [0, 0.05) is 19.2 Å². The van der Waals surface area contributed by atoms with Crippen molar-refractivity contribution < 1.29 is 4.92 Å². The van der Waals surface area contributed by atoms with Crippen LogP contribution in [-0.4, -0.2) is 41.0 Å². The summed E-state index contributed by atoms with van der Waals surface area (Å²) in [5.41, 5.74) is 5.54. The van der Waals surface area contributed by atoms with Crippen LogP contribution in [0.5, 0.6) is 0 Å². The van der Waals surface area contributed by atoms with E-state index in [1.165, 1.54) is 12.1 Å². The minimum absolute atomic E-state index is 0.0282.